The molecule has 21 heteroatoms. The van der Waals surface area contributed by atoms with Gasteiger partial charge in [-0.25, -0.2) is 26.4 Å². The first-order chi connectivity index (χ1) is 33.4. The third kappa shape index (κ3) is 14.0. The first-order valence-electron chi connectivity index (χ1n) is 23.7. The minimum Gasteiger partial charge on any atom is -0.497 e. The standard InChI is InChI=1S/C50H70N8O10S2Si/c1-49(2,3)57(48(60)61)36-42(68-71(8,9)50(4,5)6)32-51-69(62,63)44-25-24-43(55-28-26-41(27-29-55)67-31-30-59)45(47-52-54-58(53-47)35-39-20-22-40(66-7)23-21-39)46(44)70(64,65)56(33-37-16-12-10-13-17-37)34-38-18-14-11-15-19-38/h10-25,41-42,51,59H,26-36H2,1-9H3,(H,60,61)/t42-/m0/s1. The number of sulfonamides is 2. The smallest absolute Gasteiger partial charge is 0.407 e. The largest absolute Gasteiger partial charge is 0.497 e. The fourth-order valence-corrected chi connectivity index (χ4v) is 12.9. The number of nitrogens with one attached hydrogen (secondary N) is 1. The summed E-state index contributed by atoms with van der Waals surface area (Å²) in [6, 6.07) is 28.3. The van der Waals surface area contributed by atoms with Crippen molar-refractivity contribution >= 4 is 40.1 Å². The molecule has 0 radical (unpaired) electrons. The van der Waals surface area contributed by atoms with E-state index in [1.807, 2.05) is 63.0 Å². The summed E-state index contributed by atoms with van der Waals surface area (Å²) in [7, 11) is -10.8. The number of ether oxygens (including phenoxy) is 2. The summed E-state index contributed by atoms with van der Waals surface area (Å²) in [5.74, 6) is 0.531. The molecule has 1 aliphatic rings. The number of carboxylic acid groups (broad SMARTS) is 1. The lowest BCUT2D eigenvalue weighted by Crippen LogP contribution is -2.55. The second kappa shape index (κ2) is 23.1. The van der Waals surface area contributed by atoms with E-state index in [2.05, 4.69) is 15.0 Å². The second-order valence-electron chi connectivity index (χ2n) is 20.2. The molecule has 1 aliphatic heterocycles. The molecule has 386 valence electrons. The molecule has 1 saturated heterocycles. The zero-order valence-electron chi connectivity index (χ0n) is 42.3. The number of hydrogen-bond donors (Lipinski definition) is 3. The van der Waals surface area contributed by atoms with E-state index in [0.29, 0.717) is 48.5 Å². The highest BCUT2D eigenvalue weighted by molar-refractivity contribution is 7.92. The van der Waals surface area contributed by atoms with E-state index in [-0.39, 0.29) is 68.5 Å². The van der Waals surface area contributed by atoms with Gasteiger partial charge in [-0.2, -0.15) is 9.10 Å². The molecule has 71 heavy (non-hydrogen) atoms. The first-order valence-corrected chi connectivity index (χ1v) is 29.6. The maximum absolute atomic E-state index is 16.1. The van der Waals surface area contributed by atoms with Crippen molar-refractivity contribution in [2.45, 2.75) is 120 Å². The van der Waals surface area contributed by atoms with Crippen LogP contribution < -0.4 is 14.4 Å². The van der Waals surface area contributed by atoms with Crippen molar-refractivity contribution < 1.29 is 45.7 Å². The van der Waals surface area contributed by atoms with E-state index >= 15 is 16.8 Å². The van der Waals surface area contributed by atoms with E-state index in [1.165, 1.54) is 20.1 Å². The van der Waals surface area contributed by atoms with Crippen LogP contribution in [-0.2, 0) is 48.8 Å². The molecule has 0 spiro atoms. The number of tetrazole rings is 1. The van der Waals surface area contributed by atoms with Gasteiger partial charge in [0.05, 0.1) is 51.2 Å². The van der Waals surface area contributed by atoms with Crippen molar-refractivity contribution in [3.8, 4) is 17.1 Å². The summed E-state index contributed by atoms with van der Waals surface area (Å²) < 4.78 is 84.9. The molecular weight excluding hydrogens is 965 g/mol. The molecule has 3 N–H and O–H groups in total. The number of hydrogen-bond acceptors (Lipinski definition) is 13. The topological polar surface area (TPSA) is 219 Å². The number of benzene rings is 4. The number of methoxy groups -OCH3 is 1. The molecule has 0 aliphatic carbocycles. The Hall–Kier alpha value is -5.26. The SMILES string of the molecule is COc1ccc(Cn2nnc(-c3c(N4CCC(OCCO)CC4)ccc(S(=O)(=O)NC[C@@H](CN(C(=O)O)C(C)(C)C)O[Si](C)(C)C(C)(C)C)c3S(=O)(=O)N(Cc3ccccc3)Cc3ccccc3)n2)cc1. The van der Waals surface area contributed by atoms with E-state index in [4.69, 9.17) is 19.0 Å². The third-order valence-electron chi connectivity index (χ3n) is 13.0. The van der Waals surface area contributed by atoms with Crippen LogP contribution in [0.3, 0.4) is 0 Å². The Labute approximate surface area is 420 Å². The third-order valence-corrected chi connectivity index (χ3v) is 21.0. The van der Waals surface area contributed by atoms with Crippen LogP contribution in [0.5, 0.6) is 5.75 Å². The summed E-state index contributed by atoms with van der Waals surface area (Å²) >= 11 is 0. The van der Waals surface area contributed by atoms with Gasteiger partial charge in [0.1, 0.15) is 15.5 Å². The maximum atomic E-state index is 16.1. The Kier molecular flexibility index (Phi) is 17.9. The summed E-state index contributed by atoms with van der Waals surface area (Å²) in [5, 5.41) is 33.1. The number of rotatable bonds is 22. The number of amides is 1. The molecule has 5 aromatic rings. The molecule has 18 nitrogen and oxygen atoms in total. The van der Waals surface area contributed by atoms with Gasteiger partial charge in [0.15, 0.2) is 8.32 Å². The van der Waals surface area contributed by atoms with Crippen molar-refractivity contribution in [2.75, 3.05) is 51.4 Å². The predicted octanol–water partition coefficient (Wildman–Crippen LogP) is 7.21. The van der Waals surface area contributed by atoms with Crippen molar-refractivity contribution in [3.05, 3.63) is 114 Å². The van der Waals surface area contributed by atoms with Gasteiger partial charge in [0.25, 0.3) is 0 Å². The maximum Gasteiger partial charge on any atom is 0.407 e. The van der Waals surface area contributed by atoms with E-state index < -0.39 is 55.9 Å². The molecule has 0 unspecified atom stereocenters. The molecule has 2 heterocycles. The number of aliphatic hydroxyl groups excluding tert-OH is 1. The van der Waals surface area contributed by atoms with Crippen molar-refractivity contribution in [3.63, 3.8) is 0 Å². The number of piperidine rings is 1. The van der Waals surface area contributed by atoms with Gasteiger partial charge >= 0.3 is 6.09 Å². The Balaban J connectivity index is 1.57. The van der Waals surface area contributed by atoms with E-state index in [0.717, 1.165) is 5.56 Å². The quantitative estimate of drug-likeness (QED) is 0.0584. The molecule has 1 atom stereocenters. The van der Waals surface area contributed by atoms with Crippen LogP contribution in [0.2, 0.25) is 18.1 Å². The minimum atomic E-state index is -4.87. The lowest BCUT2D eigenvalue weighted by Gasteiger charge is -2.42. The Morgan fingerprint density at radius 3 is 1.97 bits per heavy atom. The van der Waals surface area contributed by atoms with Crippen LogP contribution in [0.15, 0.2) is 107 Å². The molecule has 0 bridgehead atoms. The molecule has 1 aromatic heterocycles. The highest BCUT2D eigenvalue weighted by atomic mass is 32.2. The van der Waals surface area contributed by atoms with Gasteiger partial charge in [-0.15, -0.1) is 10.2 Å². The fourth-order valence-electron chi connectivity index (χ4n) is 8.08. The molecule has 1 fully saturated rings. The highest BCUT2D eigenvalue weighted by Gasteiger charge is 2.43. The van der Waals surface area contributed by atoms with Gasteiger partial charge in [-0.1, -0.05) is 93.6 Å². The lowest BCUT2D eigenvalue weighted by atomic mass is 10.0. The number of aliphatic hydroxyl groups is 1. The number of aromatic nitrogens is 4. The molecule has 0 saturated carbocycles. The van der Waals surface area contributed by atoms with Crippen LogP contribution >= 0.6 is 0 Å². The van der Waals surface area contributed by atoms with Crippen LogP contribution in [0, 0.1) is 0 Å². The summed E-state index contributed by atoms with van der Waals surface area (Å²) in [6.45, 7) is 15.5. The monoisotopic (exact) mass is 1030 g/mol. The zero-order valence-corrected chi connectivity index (χ0v) is 44.9. The van der Waals surface area contributed by atoms with Gasteiger partial charge in [-0.05, 0) is 97.9 Å². The minimum absolute atomic E-state index is 0.0615. The number of nitrogens with zero attached hydrogens (tertiary/aromatic N) is 7. The molecule has 4 aromatic carbocycles. The van der Waals surface area contributed by atoms with Crippen LogP contribution in [-0.4, -0.2) is 135 Å². The van der Waals surface area contributed by atoms with Crippen molar-refractivity contribution in [2.24, 2.45) is 0 Å². The van der Waals surface area contributed by atoms with Crippen molar-refractivity contribution in [1.29, 1.82) is 0 Å². The number of anilines is 1. The van der Waals surface area contributed by atoms with Gasteiger partial charge < -0.3 is 33.9 Å². The molecule has 6 rings (SSSR count). The predicted molar refractivity (Wildman–Crippen MR) is 275 cm³/mol. The van der Waals surface area contributed by atoms with Gasteiger partial charge in [0.2, 0.25) is 25.9 Å². The molecule has 1 amide bonds. The first kappa shape index (κ1) is 55.1. The van der Waals surface area contributed by atoms with Crippen molar-refractivity contribution in [1.82, 2.24) is 34.1 Å². The van der Waals surface area contributed by atoms with E-state index in [1.54, 1.807) is 94.6 Å². The highest BCUT2D eigenvalue weighted by Crippen LogP contribution is 2.42. The summed E-state index contributed by atoms with van der Waals surface area (Å²) in [5.41, 5.74) is 1.56. The van der Waals surface area contributed by atoms with Crippen LogP contribution in [0.4, 0.5) is 10.5 Å². The van der Waals surface area contributed by atoms with E-state index in [9.17, 15) is 15.0 Å². The second-order valence-corrected chi connectivity index (χ2v) is 28.6. The van der Waals surface area contributed by atoms with Gasteiger partial charge in [0, 0.05) is 44.0 Å². The normalized spacial score (nSPS) is 14.7. The Morgan fingerprint density at radius 1 is 0.859 bits per heavy atom. The van der Waals surface area contributed by atoms with Crippen LogP contribution in [0.25, 0.3) is 11.4 Å². The van der Waals surface area contributed by atoms with Gasteiger partial charge in [-0.3, -0.25) is 0 Å². The number of carbonyl (C=O) groups is 1. The average Bonchev–Trinajstić information content (AvgIpc) is 3.79. The lowest BCUT2D eigenvalue weighted by molar-refractivity contribution is 0.0159. The fraction of sp³-hybridized carbons (Fsp3) is 0.480. The average molecular weight is 1040 g/mol. The summed E-state index contributed by atoms with van der Waals surface area (Å²) in [6.07, 6.45) is -1.27. The van der Waals surface area contributed by atoms with Crippen LogP contribution in [0.1, 0.15) is 71.1 Å². The zero-order chi connectivity index (χ0) is 51.8. The molecular formula is C50H70N8O10S2Si. The Morgan fingerprint density at radius 2 is 1.45 bits per heavy atom. The summed E-state index contributed by atoms with van der Waals surface area (Å²) in [4.78, 5) is 16.1. The Bertz CT molecular complexity index is 2720.